The molecule has 0 saturated carbocycles. The molecule has 7 heteroatoms. The summed E-state index contributed by atoms with van der Waals surface area (Å²) in [5, 5.41) is 19.2. The van der Waals surface area contributed by atoms with Gasteiger partial charge in [0.05, 0.1) is 6.20 Å². The zero-order valence-electron chi connectivity index (χ0n) is 13.3. The topological polar surface area (TPSA) is 84.6 Å². The van der Waals surface area contributed by atoms with E-state index in [4.69, 9.17) is 4.42 Å². The first-order valence-electron chi connectivity index (χ1n) is 7.92. The predicted molar refractivity (Wildman–Crippen MR) is 84.7 cm³/mol. The van der Waals surface area contributed by atoms with Gasteiger partial charge in [0.2, 0.25) is 0 Å². The van der Waals surface area contributed by atoms with E-state index in [9.17, 15) is 0 Å². The van der Waals surface area contributed by atoms with Gasteiger partial charge >= 0.3 is 0 Å². The molecule has 120 valence electrons. The molecule has 23 heavy (non-hydrogen) atoms. The minimum absolute atomic E-state index is 0.415. The highest BCUT2D eigenvalue weighted by Crippen LogP contribution is 2.23. The molecule has 1 aliphatic rings. The summed E-state index contributed by atoms with van der Waals surface area (Å²) in [6, 6.07) is 4.35. The maximum absolute atomic E-state index is 5.69. The van der Waals surface area contributed by atoms with Crippen molar-refractivity contribution < 1.29 is 4.42 Å². The molecule has 0 amide bonds. The van der Waals surface area contributed by atoms with Crippen LogP contribution in [-0.2, 0) is 19.5 Å². The Kier molecular flexibility index (Phi) is 3.49. The number of rotatable bonds is 4. The van der Waals surface area contributed by atoms with Gasteiger partial charge in [-0.25, -0.2) is 0 Å². The number of nitrogens with one attached hydrogen (secondary N) is 2. The summed E-state index contributed by atoms with van der Waals surface area (Å²) >= 11 is 0. The number of furan rings is 1. The molecule has 0 bridgehead atoms. The van der Waals surface area contributed by atoms with Crippen LogP contribution in [0.1, 0.15) is 29.4 Å². The number of aryl methyl sites for hydroxylation is 3. The van der Waals surface area contributed by atoms with Crippen molar-refractivity contribution in [2.45, 2.75) is 45.8 Å². The van der Waals surface area contributed by atoms with E-state index in [2.05, 4.69) is 30.3 Å². The van der Waals surface area contributed by atoms with Crippen LogP contribution in [0.25, 0.3) is 11.5 Å². The highest BCUT2D eigenvalue weighted by Gasteiger charge is 2.21. The lowest BCUT2D eigenvalue weighted by molar-refractivity contribution is 0.375. The second kappa shape index (κ2) is 5.66. The molecule has 2 N–H and O–H groups in total. The molecule has 1 aliphatic heterocycles. The summed E-state index contributed by atoms with van der Waals surface area (Å²) in [6.07, 6.45) is 3.90. The first-order chi connectivity index (χ1) is 11.2. The van der Waals surface area contributed by atoms with Crippen molar-refractivity contribution in [2.24, 2.45) is 0 Å². The van der Waals surface area contributed by atoms with E-state index in [0.29, 0.717) is 6.04 Å². The molecule has 0 spiro atoms. The van der Waals surface area contributed by atoms with Crippen molar-refractivity contribution in [1.29, 1.82) is 0 Å². The van der Waals surface area contributed by atoms with Gasteiger partial charge in [0.1, 0.15) is 23.1 Å². The van der Waals surface area contributed by atoms with Gasteiger partial charge in [-0.2, -0.15) is 5.10 Å². The van der Waals surface area contributed by atoms with Crippen LogP contribution in [0.15, 0.2) is 22.7 Å². The van der Waals surface area contributed by atoms with E-state index in [0.717, 1.165) is 60.4 Å². The second-order valence-corrected chi connectivity index (χ2v) is 6.07. The molecule has 3 aromatic rings. The number of hydrogen-bond donors (Lipinski definition) is 2. The first kappa shape index (κ1) is 14.2. The van der Waals surface area contributed by atoms with Crippen LogP contribution in [-0.4, -0.2) is 31.0 Å². The minimum Gasteiger partial charge on any atom is -0.460 e. The number of H-pyrrole nitrogens is 1. The Labute approximate surface area is 134 Å². The van der Waals surface area contributed by atoms with Crippen molar-refractivity contribution in [3.8, 4) is 11.5 Å². The Morgan fingerprint density at radius 3 is 3.09 bits per heavy atom. The van der Waals surface area contributed by atoms with Crippen molar-refractivity contribution in [3.05, 3.63) is 41.3 Å². The summed E-state index contributed by atoms with van der Waals surface area (Å²) < 4.78 is 7.89. The normalized spacial score (nSPS) is 17.4. The molecular weight excluding hydrogens is 292 g/mol. The average Bonchev–Trinajstić information content (AvgIpc) is 3.26. The molecule has 7 nitrogen and oxygen atoms in total. The second-order valence-electron chi connectivity index (χ2n) is 6.07. The van der Waals surface area contributed by atoms with Crippen molar-refractivity contribution >= 4 is 0 Å². The maximum Gasteiger partial charge on any atom is 0.152 e. The molecule has 1 atom stereocenters. The average molecular weight is 312 g/mol. The zero-order chi connectivity index (χ0) is 15.8. The van der Waals surface area contributed by atoms with Crippen molar-refractivity contribution in [3.63, 3.8) is 0 Å². The predicted octanol–water partition coefficient (Wildman–Crippen LogP) is 1.98. The Bertz CT molecular complexity index is 814. The molecule has 0 aliphatic carbocycles. The summed E-state index contributed by atoms with van der Waals surface area (Å²) in [4.78, 5) is 0. The summed E-state index contributed by atoms with van der Waals surface area (Å²) in [7, 11) is 0. The fraction of sp³-hybridized carbons (Fsp3) is 0.438. The lowest BCUT2D eigenvalue weighted by atomic mass is 10.1. The van der Waals surface area contributed by atoms with Gasteiger partial charge < -0.3 is 14.3 Å². The molecule has 0 aromatic carbocycles. The van der Waals surface area contributed by atoms with Crippen molar-refractivity contribution in [1.82, 2.24) is 30.3 Å². The third kappa shape index (κ3) is 2.68. The zero-order valence-corrected chi connectivity index (χ0v) is 13.3. The Morgan fingerprint density at radius 1 is 1.35 bits per heavy atom. The monoisotopic (exact) mass is 312 g/mol. The molecule has 0 unspecified atom stereocenters. The summed E-state index contributed by atoms with van der Waals surface area (Å²) in [5.41, 5.74) is 2.06. The number of nitrogens with zero attached hydrogens (tertiary/aromatic N) is 4. The molecule has 0 saturated heterocycles. The van der Waals surface area contributed by atoms with Crippen LogP contribution in [0.4, 0.5) is 0 Å². The van der Waals surface area contributed by atoms with Gasteiger partial charge in [-0.15, -0.1) is 10.2 Å². The highest BCUT2D eigenvalue weighted by atomic mass is 16.3. The highest BCUT2D eigenvalue weighted by molar-refractivity contribution is 5.56. The molecular formula is C16H20N6O. The Balaban J connectivity index is 1.45. The fourth-order valence-electron chi connectivity index (χ4n) is 3.11. The Hall–Kier alpha value is -2.41. The maximum atomic E-state index is 5.69. The molecule has 0 fully saturated rings. The SMILES string of the molecule is Cc1ccc(-c2[nH]ncc2CN[C@@H]2CCc3nnc(C)n3C2)o1. The van der Waals surface area contributed by atoms with E-state index in [1.165, 1.54) is 0 Å². The van der Waals surface area contributed by atoms with Gasteiger partial charge in [-0.05, 0) is 32.4 Å². The van der Waals surface area contributed by atoms with Crippen LogP contribution >= 0.6 is 0 Å². The van der Waals surface area contributed by atoms with E-state index >= 15 is 0 Å². The van der Waals surface area contributed by atoms with Crippen LogP contribution in [0.2, 0.25) is 0 Å². The van der Waals surface area contributed by atoms with Crippen LogP contribution in [0, 0.1) is 13.8 Å². The van der Waals surface area contributed by atoms with Crippen molar-refractivity contribution in [2.75, 3.05) is 0 Å². The number of aromatic amines is 1. The quantitative estimate of drug-likeness (QED) is 0.769. The standard InChI is InChI=1S/C16H20N6O/c1-10-3-5-14(23-10)16-12(8-18-21-16)7-17-13-4-6-15-20-19-11(2)22(15)9-13/h3,5,8,13,17H,4,6-7,9H2,1-2H3,(H,18,21)/t13-/m1/s1. The van der Waals surface area contributed by atoms with E-state index < -0.39 is 0 Å². The first-order valence-corrected chi connectivity index (χ1v) is 7.92. The number of fused-ring (bicyclic) bond motifs is 1. The van der Waals surface area contributed by atoms with Gasteiger partial charge in [0.25, 0.3) is 0 Å². The summed E-state index contributed by atoms with van der Waals surface area (Å²) in [6.45, 7) is 5.62. The molecule has 0 radical (unpaired) electrons. The minimum atomic E-state index is 0.415. The molecule has 4 heterocycles. The van der Waals surface area contributed by atoms with Gasteiger partial charge in [0, 0.05) is 31.1 Å². The van der Waals surface area contributed by atoms with Crippen LogP contribution in [0.5, 0.6) is 0 Å². The molecule has 3 aromatic heterocycles. The lowest BCUT2D eigenvalue weighted by Crippen LogP contribution is -2.37. The van der Waals surface area contributed by atoms with Gasteiger partial charge in [-0.1, -0.05) is 0 Å². The third-order valence-electron chi connectivity index (χ3n) is 4.42. The molecule has 4 rings (SSSR count). The smallest absolute Gasteiger partial charge is 0.152 e. The Morgan fingerprint density at radius 2 is 2.26 bits per heavy atom. The van der Waals surface area contributed by atoms with Gasteiger partial charge in [-0.3, -0.25) is 5.10 Å². The van der Waals surface area contributed by atoms with E-state index in [1.54, 1.807) is 0 Å². The third-order valence-corrected chi connectivity index (χ3v) is 4.42. The van der Waals surface area contributed by atoms with E-state index in [1.807, 2.05) is 32.2 Å². The number of hydrogen-bond acceptors (Lipinski definition) is 5. The largest absolute Gasteiger partial charge is 0.460 e. The lowest BCUT2D eigenvalue weighted by Gasteiger charge is -2.25. The van der Waals surface area contributed by atoms with Crippen LogP contribution < -0.4 is 5.32 Å². The van der Waals surface area contributed by atoms with Crippen LogP contribution in [0.3, 0.4) is 0 Å². The van der Waals surface area contributed by atoms with Gasteiger partial charge in [0.15, 0.2) is 5.76 Å². The van der Waals surface area contributed by atoms with E-state index in [-0.39, 0.29) is 0 Å². The summed E-state index contributed by atoms with van der Waals surface area (Å²) in [5.74, 6) is 3.81. The number of aromatic nitrogens is 5. The fourth-order valence-corrected chi connectivity index (χ4v) is 3.11.